The van der Waals surface area contributed by atoms with E-state index >= 15 is 0 Å². The van der Waals surface area contributed by atoms with E-state index in [9.17, 15) is 4.79 Å². The highest BCUT2D eigenvalue weighted by Crippen LogP contribution is 2.20. The topological polar surface area (TPSA) is 42.7 Å². The number of morpholine rings is 1. The summed E-state index contributed by atoms with van der Waals surface area (Å²) in [5.74, 6) is 1.35. The molecule has 1 aromatic heterocycles. The Morgan fingerprint density at radius 2 is 2.19 bits per heavy atom. The Kier molecular flexibility index (Phi) is 3.01. The van der Waals surface area contributed by atoms with Gasteiger partial charge in [0.25, 0.3) is 0 Å². The molecule has 1 aliphatic rings. The predicted octanol–water partition coefficient (Wildman–Crippen LogP) is 1.48. The molecule has 0 amide bonds. The zero-order valence-corrected chi connectivity index (χ0v) is 9.95. The third kappa shape index (κ3) is 1.97. The van der Waals surface area contributed by atoms with Crippen LogP contribution in [-0.2, 0) is 4.74 Å². The van der Waals surface area contributed by atoms with Crippen LogP contribution < -0.4 is 10.3 Å². The fourth-order valence-corrected chi connectivity index (χ4v) is 1.85. The van der Waals surface area contributed by atoms with E-state index in [1.54, 1.807) is 13.0 Å². The second-order valence-electron chi connectivity index (χ2n) is 4.25. The molecule has 0 aromatic carbocycles. The second kappa shape index (κ2) is 4.29. The van der Waals surface area contributed by atoms with Gasteiger partial charge in [0.2, 0.25) is 0 Å². The first-order chi connectivity index (χ1) is 7.59. The predicted molar refractivity (Wildman–Crippen MR) is 62.1 cm³/mol. The number of aryl methyl sites for hydroxylation is 1. The zero-order valence-electron chi connectivity index (χ0n) is 9.95. The normalized spacial score (nSPS) is 21.2. The van der Waals surface area contributed by atoms with Crippen LogP contribution in [-0.4, -0.2) is 25.8 Å². The molecule has 4 nitrogen and oxygen atoms in total. The smallest absolute Gasteiger partial charge is 0.199 e. The van der Waals surface area contributed by atoms with Crippen molar-refractivity contribution < 1.29 is 9.15 Å². The molecule has 16 heavy (non-hydrogen) atoms. The lowest BCUT2D eigenvalue weighted by Gasteiger charge is -2.33. The summed E-state index contributed by atoms with van der Waals surface area (Å²) in [5.41, 5.74) is 0.724. The minimum Gasteiger partial charge on any atom is -0.445 e. The molecule has 2 heterocycles. The largest absolute Gasteiger partial charge is 0.445 e. The molecule has 1 saturated heterocycles. The number of ether oxygens (including phenoxy) is 1. The SMILES string of the molecule is Cc1oc(N2CCOCC2C)cc(=O)c1C. The first-order valence-corrected chi connectivity index (χ1v) is 5.55. The summed E-state index contributed by atoms with van der Waals surface area (Å²) in [6, 6.07) is 1.82. The fourth-order valence-electron chi connectivity index (χ4n) is 1.85. The quantitative estimate of drug-likeness (QED) is 0.723. The Hall–Kier alpha value is -1.29. The lowest BCUT2D eigenvalue weighted by molar-refractivity contribution is 0.0963. The van der Waals surface area contributed by atoms with Crippen LogP contribution >= 0.6 is 0 Å². The third-order valence-electron chi connectivity index (χ3n) is 3.06. The molecule has 0 aliphatic carbocycles. The molecule has 1 fully saturated rings. The number of hydrogen-bond acceptors (Lipinski definition) is 4. The highest BCUT2D eigenvalue weighted by Gasteiger charge is 2.21. The van der Waals surface area contributed by atoms with Crippen molar-refractivity contribution >= 4 is 5.88 Å². The summed E-state index contributed by atoms with van der Waals surface area (Å²) in [7, 11) is 0. The van der Waals surface area contributed by atoms with Gasteiger partial charge in [-0.25, -0.2) is 0 Å². The van der Waals surface area contributed by atoms with E-state index in [2.05, 4.69) is 11.8 Å². The third-order valence-corrected chi connectivity index (χ3v) is 3.06. The molecule has 1 aliphatic heterocycles. The Morgan fingerprint density at radius 1 is 1.44 bits per heavy atom. The Labute approximate surface area is 94.8 Å². The van der Waals surface area contributed by atoms with E-state index in [1.165, 1.54) is 0 Å². The van der Waals surface area contributed by atoms with Gasteiger partial charge in [-0.1, -0.05) is 0 Å². The van der Waals surface area contributed by atoms with Gasteiger partial charge < -0.3 is 14.1 Å². The fraction of sp³-hybridized carbons (Fsp3) is 0.583. The van der Waals surface area contributed by atoms with E-state index in [0.29, 0.717) is 30.4 Å². The van der Waals surface area contributed by atoms with Gasteiger partial charge >= 0.3 is 0 Å². The molecular weight excluding hydrogens is 206 g/mol. The van der Waals surface area contributed by atoms with Gasteiger partial charge in [-0.15, -0.1) is 0 Å². The van der Waals surface area contributed by atoms with Crippen molar-refractivity contribution in [3.8, 4) is 0 Å². The summed E-state index contributed by atoms with van der Waals surface area (Å²) in [6.07, 6.45) is 0. The van der Waals surface area contributed by atoms with Crippen molar-refractivity contribution in [2.75, 3.05) is 24.7 Å². The first kappa shape index (κ1) is 11.2. The molecule has 1 aromatic rings. The van der Waals surface area contributed by atoms with Crippen molar-refractivity contribution in [1.82, 2.24) is 0 Å². The highest BCUT2D eigenvalue weighted by atomic mass is 16.5. The van der Waals surface area contributed by atoms with Crippen LogP contribution in [0.3, 0.4) is 0 Å². The van der Waals surface area contributed by atoms with Crippen LogP contribution in [0.2, 0.25) is 0 Å². The molecule has 1 atom stereocenters. The minimum absolute atomic E-state index is 0.0393. The van der Waals surface area contributed by atoms with E-state index in [0.717, 1.165) is 6.54 Å². The van der Waals surface area contributed by atoms with E-state index in [4.69, 9.17) is 9.15 Å². The zero-order chi connectivity index (χ0) is 11.7. The monoisotopic (exact) mass is 223 g/mol. The summed E-state index contributed by atoms with van der Waals surface area (Å²) in [4.78, 5) is 13.8. The summed E-state index contributed by atoms with van der Waals surface area (Å²) in [6.45, 7) is 7.80. The molecule has 0 saturated carbocycles. The lowest BCUT2D eigenvalue weighted by Crippen LogP contribution is -2.44. The minimum atomic E-state index is 0.0393. The standard InChI is InChI=1S/C12H17NO3/c1-8-7-15-5-4-13(8)12-6-11(14)9(2)10(3)16-12/h6,8H,4-5,7H2,1-3H3. The van der Waals surface area contributed by atoms with Crippen LogP contribution in [0, 0.1) is 13.8 Å². The molecule has 0 spiro atoms. The second-order valence-corrected chi connectivity index (χ2v) is 4.25. The molecule has 0 radical (unpaired) electrons. The summed E-state index contributed by atoms with van der Waals surface area (Å²) < 4.78 is 11.0. The first-order valence-electron chi connectivity index (χ1n) is 5.55. The molecule has 2 rings (SSSR count). The van der Waals surface area contributed by atoms with Gasteiger partial charge in [-0.2, -0.15) is 0 Å². The highest BCUT2D eigenvalue weighted by molar-refractivity contribution is 5.38. The van der Waals surface area contributed by atoms with Crippen LogP contribution in [0.1, 0.15) is 18.2 Å². The van der Waals surface area contributed by atoms with Gasteiger partial charge in [0.1, 0.15) is 5.76 Å². The maximum absolute atomic E-state index is 11.7. The van der Waals surface area contributed by atoms with E-state index in [-0.39, 0.29) is 11.5 Å². The molecule has 0 bridgehead atoms. The molecule has 0 N–H and O–H groups in total. The van der Waals surface area contributed by atoms with Gasteiger partial charge in [-0.3, -0.25) is 4.79 Å². The van der Waals surface area contributed by atoms with Crippen molar-refractivity contribution in [3.63, 3.8) is 0 Å². The van der Waals surface area contributed by atoms with Crippen molar-refractivity contribution in [2.45, 2.75) is 26.8 Å². The number of nitrogens with zero attached hydrogens (tertiary/aromatic N) is 1. The van der Waals surface area contributed by atoms with Gasteiger partial charge in [0, 0.05) is 18.2 Å². The van der Waals surface area contributed by atoms with Crippen LogP contribution in [0.5, 0.6) is 0 Å². The number of hydrogen-bond donors (Lipinski definition) is 0. The summed E-state index contributed by atoms with van der Waals surface area (Å²) >= 11 is 0. The lowest BCUT2D eigenvalue weighted by atomic mass is 10.2. The maximum atomic E-state index is 11.7. The Morgan fingerprint density at radius 3 is 2.81 bits per heavy atom. The maximum Gasteiger partial charge on any atom is 0.199 e. The molecular formula is C12H17NO3. The van der Waals surface area contributed by atoms with Gasteiger partial charge in [0.15, 0.2) is 11.3 Å². The van der Waals surface area contributed by atoms with Crippen LogP contribution in [0.15, 0.2) is 15.3 Å². The average Bonchev–Trinajstić information content (AvgIpc) is 2.26. The average molecular weight is 223 g/mol. The molecule has 4 heteroatoms. The summed E-state index contributed by atoms with van der Waals surface area (Å²) in [5, 5.41) is 0. The Balaban J connectivity index is 2.36. The number of anilines is 1. The van der Waals surface area contributed by atoms with Crippen molar-refractivity contribution in [3.05, 3.63) is 27.6 Å². The van der Waals surface area contributed by atoms with Gasteiger partial charge in [-0.05, 0) is 20.8 Å². The van der Waals surface area contributed by atoms with Crippen LogP contribution in [0.4, 0.5) is 5.88 Å². The van der Waals surface area contributed by atoms with E-state index in [1.807, 2.05) is 6.92 Å². The van der Waals surface area contributed by atoms with E-state index < -0.39 is 0 Å². The van der Waals surface area contributed by atoms with Crippen molar-refractivity contribution in [2.24, 2.45) is 0 Å². The molecule has 88 valence electrons. The van der Waals surface area contributed by atoms with Gasteiger partial charge in [0.05, 0.1) is 19.3 Å². The number of rotatable bonds is 1. The Bertz CT molecular complexity index is 438. The molecule has 1 unspecified atom stereocenters. The van der Waals surface area contributed by atoms with Crippen molar-refractivity contribution in [1.29, 1.82) is 0 Å². The van der Waals surface area contributed by atoms with Crippen LogP contribution in [0.25, 0.3) is 0 Å².